The number of aliphatic hydroxyl groups is 1. The van der Waals surface area contributed by atoms with E-state index in [0.717, 1.165) is 21.3 Å². The number of amides is 1. The fourth-order valence-corrected chi connectivity index (χ4v) is 6.38. The van der Waals surface area contributed by atoms with Gasteiger partial charge in [0.2, 0.25) is 0 Å². The number of carbonyl (C=O) groups excluding carboxylic acids is 2. The molecule has 0 aliphatic carbocycles. The summed E-state index contributed by atoms with van der Waals surface area (Å²) in [6, 6.07) is 15.5. The van der Waals surface area contributed by atoms with Gasteiger partial charge in [-0.3, -0.25) is 18.9 Å². The second-order valence-electron chi connectivity index (χ2n) is 9.12. The zero-order valence-electron chi connectivity index (χ0n) is 20.2. The van der Waals surface area contributed by atoms with Crippen molar-refractivity contribution < 1.29 is 14.7 Å². The van der Waals surface area contributed by atoms with E-state index in [9.17, 15) is 14.7 Å². The van der Waals surface area contributed by atoms with Crippen molar-refractivity contribution in [2.45, 2.75) is 26.8 Å². The number of aliphatic hydroxyl groups excluding tert-OH is 1. The first kappa shape index (κ1) is 23.4. The van der Waals surface area contributed by atoms with E-state index in [2.05, 4.69) is 4.98 Å². The minimum atomic E-state index is -0.922. The van der Waals surface area contributed by atoms with Crippen LogP contribution in [0.4, 0.5) is 5.13 Å². The Kier molecular flexibility index (Phi) is 5.40. The van der Waals surface area contributed by atoms with Crippen LogP contribution in [-0.2, 0) is 9.59 Å². The van der Waals surface area contributed by atoms with Gasteiger partial charge in [-0.05, 0) is 67.8 Å². The van der Waals surface area contributed by atoms with Crippen molar-refractivity contribution in [3.63, 3.8) is 0 Å². The molecule has 9 heteroatoms. The van der Waals surface area contributed by atoms with Gasteiger partial charge in [0, 0.05) is 11.2 Å². The number of fused-ring (bicyclic) bond motifs is 2. The number of imidazole rings is 1. The lowest BCUT2D eigenvalue weighted by Crippen LogP contribution is -2.29. The lowest BCUT2D eigenvalue weighted by molar-refractivity contribution is -0.132. The molecule has 0 radical (unpaired) electrons. The van der Waals surface area contributed by atoms with Crippen molar-refractivity contribution in [2.75, 3.05) is 4.90 Å². The predicted octanol–water partition coefficient (Wildman–Crippen LogP) is 6.15. The van der Waals surface area contributed by atoms with Crippen LogP contribution < -0.4 is 4.90 Å². The molecular weight excluding hydrogens is 508 g/mol. The molecule has 1 N–H and O–H groups in total. The number of Topliss-reactive ketones (excluding diaryl/α,β-unsaturated/α-hetero) is 1. The zero-order valence-corrected chi connectivity index (χ0v) is 21.8. The van der Waals surface area contributed by atoms with Gasteiger partial charge in [-0.15, -0.1) is 0 Å². The van der Waals surface area contributed by atoms with Gasteiger partial charge in [-0.2, -0.15) is 0 Å². The van der Waals surface area contributed by atoms with Gasteiger partial charge in [0.05, 0.1) is 27.5 Å². The Morgan fingerprint density at radius 2 is 1.84 bits per heavy atom. The number of carbonyl (C=O) groups is 2. The quantitative estimate of drug-likeness (QED) is 0.172. The van der Waals surface area contributed by atoms with Crippen LogP contribution in [0.25, 0.3) is 21.6 Å². The number of thiazole rings is 1. The van der Waals surface area contributed by atoms with E-state index in [1.54, 1.807) is 41.8 Å². The average molecular weight is 529 g/mol. The molecule has 184 valence electrons. The van der Waals surface area contributed by atoms with E-state index >= 15 is 0 Å². The van der Waals surface area contributed by atoms with Gasteiger partial charge < -0.3 is 5.11 Å². The predicted molar refractivity (Wildman–Crippen MR) is 145 cm³/mol. The molecule has 1 fully saturated rings. The smallest absolute Gasteiger partial charge is 0.301 e. The highest BCUT2D eigenvalue weighted by molar-refractivity contribution is 7.22. The first-order valence-corrected chi connectivity index (χ1v) is 12.8. The van der Waals surface area contributed by atoms with E-state index < -0.39 is 17.7 Å². The molecule has 1 aliphatic heterocycles. The standard InChI is InChI=1S/C28H21ClN4O3S/c1-14-11-15(2)22-19(12-14)37-28(31-22)33-24(17-7-6-8-18(29)13-17)21(26(35)27(33)36)25(34)23-16(3)30-20-9-4-5-10-32(20)23/h4-13,24,34H,1-3H3/b25-21+. The first-order chi connectivity index (χ1) is 17.7. The summed E-state index contributed by atoms with van der Waals surface area (Å²) >= 11 is 7.66. The van der Waals surface area contributed by atoms with Crippen LogP contribution in [0.1, 0.15) is 34.1 Å². The molecule has 0 saturated carbocycles. The summed E-state index contributed by atoms with van der Waals surface area (Å²) in [6.07, 6.45) is 1.76. The monoisotopic (exact) mass is 528 g/mol. The summed E-state index contributed by atoms with van der Waals surface area (Å²) in [4.78, 5) is 37.8. The van der Waals surface area contributed by atoms with Gasteiger partial charge in [0.1, 0.15) is 11.3 Å². The number of pyridine rings is 1. The molecule has 37 heavy (non-hydrogen) atoms. The summed E-state index contributed by atoms with van der Waals surface area (Å²) in [5.74, 6) is -1.85. The Hall–Kier alpha value is -4.01. The molecule has 4 heterocycles. The lowest BCUT2D eigenvalue weighted by Gasteiger charge is -2.23. The molecule has 7 nitrogen and oxygen atoms in total. The largest absolute Gasteiger partial charge is 0.505 e. The third-order valence-electron chi connectivity index (χ3n) is 6.56. The van der Waals surface area contributed by atoms with Crippen molar-refractivity contribution in [3.8, 4) is 0 Å². The SMILES string of the molecule is Cc1cc(C)c2nc(N3C(=O)C(=O)/C(=C(/O)c4c(C)nc5ccccn45)C3c3cccc(Cl)c3)sc2c1. The third-order valence-corrected chi connectivity index (χ3v) is 7.80. The van der Waals surface area contributed by atoms with Crippen LogP contribution in [-0.4, -0.2) is 31.2 Å². The number of hydrogen-bond acceptors (Lipinski definition) is 6. The molecule has 1 saturated heterocycles. The average Bonchev–Trinajstić information content (AvgIpc) is 3.50. The first-order valence-electron chi connectivity index (χ1n) is 11.6. The number of benzene rings is 2. The van der Waals surface area contributed by atoms with Gasteiger partial charge in [-0.1, -0.05) is 47.2 Å². The molecule has 3 aromatic heterocycles. The molecule has 1 aliphatic rings. The molecule has 0 bridgehead atoms. The number of rotatable bonds is 3. The van der Waals surface area contributed by atoms with Crippen LogP contribution in [0.5, 0.6) is 0 Å². The van der Waals surface area contributed by atoms with E-state index in [1.807, 2.05) is 44.2 Å². The van der Waals surface area contributed by atoms with Crippen molar-refractivity contribution in [1.29, 1.82) is 0 Å². The van der Waals surface area contributed by atoms with Gasteiger partial charge >= 0.3 is 5.91 Å². The Bertz CT molecular complexity index is 1800. The van der Waals surface area contributed by atoms with Crippen LogP contribution >= 0.6 is 22.9 Å². The fraction of sp³-hybridized carbons (Fsp3) is 0.143. The Morgan fingerprint density at radius 3 is 2.62 bits per heavy atom. The van der Waals surface area contributed by atoms with E-state index in [-0.39, 0.29) is 11.3 Å². The molecule has 2 aromatic carbocycles. The number of halogens is 1. The minimum Gasteiger partial charge on any atom is -0.505 e. The van der Waals surface area contributed by atoms with Crippen LogP contribution in [0.3, 0.4) is 0 Å². The van der Waals surface area contributed by atoms with E-state index in [0.29, 0.717) is 32.8 Å². The lowest BCUT2D eigenvalue weighted by atomic mass is 9.96. The molecule has 1 amide bonds. The second-order valence-corrected chi connectivity index (χ2v) is 10.6. The molecular formula is C28H21ClN4O3S. The zero-order chi connectivity index (χ0) is 26.0. The van der Waals surface area contributed by atoms with Crippen molar-refractivity contribution in [1.82, 2.24) is 14.4 Å². The fourth-order valence-electron chi connectivity index (χ4n) is 5.01. The molecule has 1 unspecified atom stereocenters. The topological polar surface area (TPSA) is 87.8 Å². The summed E-state index contributed by atoms with van der Waals surface area (Å²) in [7, 11) is 0. The second kappa shape index (κ2) is 8.54. The van der Waals surface area contributed by atoms with Crippen LogP contribution in [0, 0.1) is 20.8 Å². The number of aryl methyl sites for hydroxylation is 3. The molecule has 6 rings (SSSR count). The highest BCUT2D eigenvalue weighted by Gasteiger charge is 2.48. The number of ketones is 1. The van der Waals surface area contributed by atoms with Crippen molar-refractivity contribution in [2.24, 2.45) is 0 Å². The maximum Gasteiger partial charge on any atom is 0.301 e. The highest BCUT2D eigenvalue weighted by Crippen LogP contribution is 2.45. The van der Waals surface area contributed by atoms with Crippen LogP contribution in [0.2, 0.25) is 5.02 Å². The van der Waals surface area contributed by atoms with Gasteiger partial charge in [-0.25, -0.2) is 9.97 Å². The summed E-state index contributed by atoms with van der Waals surface area (Å²) in [5.41, 5.74) is 4.90. The Morgan fingerprint density at radius 1 is 1.03 bits per heavy atom. The Balaban J connectivity index is 1.63. The normalized spacial score (nSPS) is 17.4. The van der Waals surface area contributed by atoms with Crippen molar-refractivity contribution in [3.05, 3.63) is 99.5 Å². The number of hydrogen-bond donors (Lipinski definition) is 1. The molecule has 1 atom stereocenters. The Labute approximate surface area is 221 Å². The molecule has 0 spiro atoms. The van der Waals surface area contributed by atoms with Gasteiger partial charge in [0.15, 0.2) is 10.9 Å². The number of nitrogens with zero attached hydrogens (tertiary/aromatic N) is 4. The van der Waals surface area contributed by atoms with E-state index in [1.165, 1.54) is 16.2 Å². The highest BCUT2D eigenvalue weighted by atomic mass is 35.5. The van der Waals surface area contributed by atoms with E-state index in [4.69, 9.17) is 16.6 Å². The maximum atomic E-state index is 13.6. The van der Waals surface area contributed by atoms with Crippen molar-refractivity contribution >= 4 is 61.4 Å². The number of anilines is 1. The summed E-state index contributed by atoms with van der Waals surface area (Å²) < 4.78 is 2.62. The maximum absolute atomic E-state index is 13.6. The summed E-state index contributed by atoms with van der Waals surface area (Å²) in [6.45, 7) is 5.72. The minimum absolute atomic E-state index is 0.0341. The van der Waals surface area contributed by atoms with Crippen LogP contribution in [0.15, 0.2) is 66.4 Å². The third kappa shape index (κ3) is 3.63. The summed E-state index contributed by atoms with van der Waals surface area (Å²) in [5, 5.41) is 12.5. The number of aromatic nitrogens is 3. The van der Waals surface area contributed by atoms with Gasteiger partial charge in [0.25, 0.3) is 5.78 Å². The molecule has 5 aromatic rings.